The van der Waals surface area contributed by atoms with Crippen molar-refractivity contribution >= 4 is 0 Å². The molecular formula is C24H28N4. The van der Waals surface area contributed by atoms with Gasteiger partial charge in [0.05, 0.1) is 11.6 Å². The molecule has 144 valence electrons. The van der Waals surface area contributed by atoms with Crippen molar-refractivity contribution in [2.24, 2.45) is 0 Å². The Balaban J connectivity index is 1.79. The Bertz CT molecular complexity index is 932. The zero-order valence-electron chi connectivity index (χ0n) is 16.9. The topological polar surface area (TPSA) is 54.5 Å². The first kappa shape index (κ1) is 19.8. The smallest absolute Gasteiger partial charge is 0.150 e. The zero-order valence-corrected chi connectivity index (χ0v) is 16.9. The highest BCUT2D eigenvalue weighted by Crippen LogP contribution is 2.24. The van der Waals surface area contributed by atoms with Crippen molar-refractivity contribution in [2.75, 3.05) is 0 Å². The summed E-state index contributed by atoms with van der Waals surface area (Å²) in [6, 6.07) is 18.4. The summed E-state index contributed by atoms with van der Waals surface area (Å²) in [5.74, 6) is 2.01. The number of hydrogen-bond donors (Lipinski definition) is 0. The maximum Gasteiger partial charge on any atom is 0.150 e. The van der Waals surface area contributed by atoms with E-state index in [0.717, 1.165) is 67.8 Å². The summed E-state index contributed by atoms with van der Waals surface area (Å²) in [6.07, 6.45) is 6.29. The Kier molecular flexibility index (Phi) is 6.97. The summed E-state index contributed by atoms with van der Waals surface area (Å²) >= 11 is 0. The van der Waals surface area contributed by atoms with Crippen LogP contribution in [0.4, 0.5) is 0 Å². The second-order valence-corrected chi connectivity index (χ2v) is 7.16. The first-order valence-corrected chi connectivity index (χ1v) is 10.3. The predicted octanol–water partition coefficient (Wildman–Crippen LogP) is 5.55. The molecule has 0 fully saturated rings. The minimum atomic E-state index is 0.704. The van der Waals surface area contributed by atoms with E-state index >= 15 is 0 Å². The first-order valence-electron chi connectivity index (χ1n) is 10.3. The fraction of sp³-hybridized carbons (Fsp3) is 0.375. The van der Waals surface area contributed by atoms with E-state index in [1.165, 1.54) is 5.56 Å². The van der Waals surface area contributed by atoms with Crippen LogP contribution in [0, 0.1) is 11.3 Å². The highest BCUT2D eigenvalue weighted by atomic mass is 15.3. The number of unbranched alkanes of at least 4 members (excludes halogenated alkanes) is 2. The van der Waals surface area contributed by atoms with Crippen molar-refractivity contribution < 1.29 is 0 Å². The molecule has 0 unspecified atom stereocenters. The lowest BCUT2D eigenvalue weighted by Crippen LogP contribution is -2.06. The Hall–Kier alpha value is -2.93. The number of rotatable bonds is 9. The highest BCUT2D eigenvalue weighted by Gasteiger charge is 2.11. The second kappa shape index (κ2) is 9.85. The van der Waals surface area contributed by atoms with Crippen LogP contribution in [0.2, 0.25) is 0 Å². The Morgan fingerprint density at radius 3 is 2.43 bits per heavy atom. The zero-order chi connectivity index (χ0) is 19.8. The molecule has 1 heterocycles. The summed E-state index contributed by atoms with van der Waals surface area (Å²) in [7, 11) is 0. The highest BCUT2D eigenvalue weighted by molar-refractivity contribution is 5.70. The monoisotopic (exact) mass is 372 g/mol. The van der Waals surface area contributed by atoms with Gasteiger partial charge in [-0.1, -0.05) is 69.2 Å². The van der Waals surface area contributed by atoms with E-state index in [2.05, 4.69) is 48.9 Å². The third-order valence-corrected chi connectivity index (χ3v) is 4.94. The lowest BCUT2D eigenvalue weighted by molar-refractivity contribution is 0.544. The van der Waals surface area contributed by atoms with E-state index in [1.54, 1.807) is 0 Å². The molecule has 0 atom stereocenters. The van der Waals surface area contributed by atoms with Gasteiger partial charge in [0, 0.05) is 19.4 Å². The van der Waals surface area contributed by atoms with Gasteiger partial charge in [-0.3, -0.25) is 0 Å². The van der Waals surface area contributed by atoms with Crippen molar-refractivity contribution in [3.8, 4) is 17.2 Å². The van der Waals surface area contributed by atoms with Crippen molar-refractivity contribution in [3.05, 3.63) is 71.3 Å². The van der Waals surface area contributed by atoms with Crippen LogP contribution in [-0.4, -0.2) is 14.8 Å². The molecule has 2 aromatic carbocycles. The standard InChI is InChI=1S/C24H28N4/c1-3-5-11-23-26-24(28(27-23)16-6-4-2)17-19-12-14-20(15-13-19)22-10-8-7-9-21(22)18-25/h7-10,12-15H,3-6,11,16-17H2,1-2H3. The van der Waals surface area contributed by atoms with Crippen LogP contribution < -0.4 is 0 Å². The molecule has 0 saturated carbocycles. The Morgan fingerprint density at radius 1 is 0.964 bits per heavy atom. The molecule has 3 aromatic rings. The summed E-state index contributed by atoms with van der Waals surface area (Å²) < 4.78 is 2.09. The summed E-state index contributed by atoms with van der Waals surface area (Å²) in [6.45, 7) is 5.33. The Labute approximate surface area is 167 Å². The molecule has 0 amide bonds. The van der Waals surface area contributed by atoms with Crippen molar-refractivity contribution in [1.29, 1.82) is 5.26 Å². The van der Waals surface area contributed by atoms with E-state index < -0.39 is 0 Å². The van der Waals surface area contributed by atoms with Gasteiger partial charge >= 0.3 is 0 Å². The van der Waals surface area contributed by atoms with Crippen molar-refractivity contribution in [3.63, 3.8) is 0 Å². The van der Waals surface area contributed by atoms with Crippen molar-refractivity contribution in [2.45, 2.75) is 58.9 Å². The van der Waals surface area contributed by atoms with E-state index in [0.29, 0.717) is 5.56 Å². The minimum absolute atomic E-state index is 0.704. The maximum absolute atomic E-state index is 9.33. The van der Waals surface area contributed by atoms with Gasteiger partial charge in [-0.25, -0.2) is 9.67 Å². The summed E-state index contributed by atoms with van der Waals surface area (Å²) in [5, 5.41) is 14.1. The fourth-order valence-electron chi connectivity index (χ4n) is 3.30. The van der Waals surface area contributed by atoms with Gasteiger partial charge in [-0.15, -0.1) is 0 Å². The molecule has 0 aliphatic heterocycles. The SMILES string of the molecule is CCCCc1nc(Cc2ccc(-c3ccccc3C#N)cc2)n(CCCC)n1. The van der Waals surface area contributed by atoms with Gasteiger partial charge in [0.25, 0.3) is 0 Å². The lowest BCUT2D eigenvalue weighted by Gasteiger charge is -2.07. The molecule has 4 nitrogen and oxygen atoms in total. The minimum Gasteiger partial charge on any atom is -0.249 e. The number of aryl methyl sites for hydroxylation is 2. The number of benzene rings is 2. The van der Waals surface area contributed by atoms with Crippen LogP contribution in [0.15, 0.2) is 48.5 Å². The molecule has 0 aliphatic rings. The van der Waals surface area contributed by atoms with E-state index in [1.807, 2.05) is 24.3 Å². The first-order chi connectivity index (χ1) is 13.7. The predicted molar refractivity (Wildman–Crippen MR) is 113 cm³/mol. The average Bonchev–Trinajstić information content (AvgIpc) is 3.12. The molecule has 28 heavy (non-hydrogen) atoms. The van der Waals surface area contributed by atoms with Crippen LogP contribution in [0.5, 0.6) is 0 Å². The second-order valence-electron chi connectivity index (χ2n) is 7.16. The lowest BCUT2D eigenvalue weighted by atomic mass is 9.99. The molecule has 0 bridgehead atoms. The van der Waals surface area contributed by atoms with Gasteiger partial charge in [0.15, 0.2) is 5.82 Å². The molecule has 0 saturated heterocycles. The maximum atomic E-state index is 9.33. The fourth-order valence-corrected chi connectivity index (χ4v) is 3.30. The number of nitriles is 1. The molecule has 4 heteroatoms. The van der Waals surface area contributed by atoms with E-state index in [9.17, 15) is 5.26 Å². The molecule has 3 rings (SSSR count). The largest absolute Gasteiger partial charge is 0.249 e. The molecule has 0 radical (unpaired) electrons. The molecule has 0 aliphatic carbocycles. The number of nitrogens with zero attached hydrogens (tertiary/aromatic N) is 4. The molecule has 0 spiro atoms. The van der Waals surface area contributed by atoms with Gasteiger partial charge in [-0.2, -0.15) is 10.4 Å². The quantitative estimate of drug-likeness (QED) is 0.495. The van der Waals surface area contributed by atoms with Gasteiger partial charge in [-0.05, 0) is 35.6 Å². The van der Waals surface area contributed by atoms with Crippen LogP contribution in [-0.2, 0) is 19.4 Å². The van der Waals surface area contributed by atoms with Gasteiger partial charge in [0.2, 0.25) is 0 Å². The summed E-state index contributed by atoms with van der Waals surface area (Å²) in [5.41, 5.74) is 3.96. The van der Waals surface area contributed by atoms with Gasteiger partial charge < -0.3 is 0 Å². The van der Waals surface area contributed by atoms with E-state index in [-0.39, 0.29) is 0 Å². The normalized spacial score (nSPS) is 10.8. The van der Waals surface area contributed by atoms with E-state index in [4.69, 9.17) is 10.1 Å². The average molecular weight is 373 g/mol. The van der Waals surface area contributed by atoms with Gasteiger partial charge in [0.1, 0.15) is 5.82 Å². The third kappa shape index (κ3) is 4.86. The number of aromatic nitrogens is 3. The number of hydrogen-bond acceptors (Lipinski definition) is 3. The van der Waals surface area contributed by atoms with Crippen LogP contribution in [0.25, 0.3) is 11.1 Å². The Morgan fingerprint density at radius 2 is 1.71 bits per heavy atom. The third-order valence-electron chi connectivity index (χ3n) is 4.94. The summed E-state index contributed by atoms with van der Waals surface area (Å²) in [4.78, 5) is 4.81. The molecule has 1 aromatic heterocycles. The van der Waals surface area contributed by atoms with Crippen molar-refractivity contribution in [1.82, 2.24) is 14.8 Å². The molecule has 0 N–H and O–H groups in total. The van der Waals surface area contributed by atoms with Crippen LogP contribution in [0.3, 0.4) is 0 Å². The van der Waals surface area contributed by atoms with Crippen LogP contribution >= 0.6 is 0 Å². The molecular weight excluding hydrogens is 344 g/mol. The van der Waals surface area contributed by atoms with Crippen LogP contribution in [0.1, 0.15) is 62.3 Å².